The number of hydrogen-bond donors (Lipinski definition) is 2. The summed E-state index contributed by atoms with van der Waals surface area (Å²) >= 11 is 0. The van der Waals surface area contributed by atoms with Gasteiger partial charge in [0, 0.05) is 13.2 Å². The van der Waals surface area contributed by atoms with E-state index in [0.29, 0.717) is 18.6 Å². The van der Waals surface area contributed by atoms with Gasteiger partial charge in [-0.15, -0.1) is 0 Å². The summed E-state index contributed by atoms with van der Waals surface area (Å²) in [5, 5.41) is 3.00. The average molecular weight is 173 g/mol. The van der Waals surface area contributed by atoms with Gasteiger partial charge in [-0.05, 0) is 20.8 Å². The zero-order valence-electron chi connectivity index (χ0n) is 8.29. The van der Waals surface area contributed by atoms with E-state index in [1.54, 1.807) is 7.11 Å². The highest BCUT2D eigenvalue weighted by Crippen LogP contribution is 1.88. The van der Waals surface area contributed by atoms with Crippen molar-refractivity contribution in [2.45, 2.75) is 32.9 Å². The Balaban J connectivity index is 3.80. The minimum Gasteiger partial charge on any atom is -0.382 e. The van der Waals surface area contributed by atoms with Crippen molar-refractivity contribution >= 4 is 5.96 Å². The van der Waals surface area contributed by atoms with Crippen LogP contribution >= 0.6 is 0 Å². The maximum Gasteiger partial charge on any atom is 0.189 e. The third-order valence-electron chi connectivity index (χ3n) is 1.20. The molecule has 0 spiro atoms. The smallest absolute Gasteiger partial charge is 0.189 e. The van der Waals surface area contributed by atoms with Gasteiger partial charge in [-0.25, -0.2) is 4.99 Å². The maximum absolute atomic E-state index is 5.59. The van der Waals surface area contributed by atoms with Crippen LogP contribution in [0, 0.1) is 0 Å². The normalized spacial score (nSPS) is 14.9. The SMILES string of the molecule is COCC(C)N=C(N)NC(C)C. The van der Waals surface area contributed by atoms with Crippen LogP contribution in [0.25, 0.3) is 0 Å². The molecule has 0 heterocycles. The topological polar surface area (TPSA) is 59.6 Å². The second kappa shape index (κ2) is 5.83. The van der Waals surface area contributed by atoms with Crippen molar-refractivity contribution in [1.29, 1.82) is 0 Å². The van der Waals surface area contributed by atoms with Crippen molar-refractivity contribution in [1.82, 2.24) is 5.32 Å². The molecule has 0 fully saturated rings. The van der Waals surface area contributed by atoms with Crippen molar-refractivity contribution < 1.29 is 4.74 Å². The van der Waals surface area contributed by atoms with E-state index in [4.69, 9.17) is 10.5 Å². The van der Waals surface area contributed by atoms with Crippen LogP contribution in [0.5, 0.6) is 0 Å². The summed E-state index contributed by atoms with van der Waals surface area (Å²) in [5.41, 5.74) is 5.59. The van der Waals surface area contributed by atoms with Crippen LogP contribution in [0.2, 0.25) is 0 Å². The minimum absolute atomic E-state index is 0.112. The fourth-order valence-corrected chi connectivity index (χ4v) is 0.849. The van der Waals surface area contributed by atoms with Crippen LogP contribution in [0.15, 0.2) is 4.99 Å². The molecule has 0 aliphatic carbocycles. The number of ether oxygens (including phenoxy) is 1. The average Bonchev–Trinajstić information content (AvgIpc) is 1.84. The van der Waals surface area contributed by atoms with Gasteiger partial charge in [0.1, 0.15) is 0 Å². The lowest BCUT2D eigenvalue weighted by Crippen LogP contribution is -2.37. The molecule has 0 rings (SSSR count). The number of hydrogen-bond acceptors (Lipinski definition) is 2. The molecular formula is C8H19N3O. The predicted molar refractivity (Wildman–Crippen MR) is 51.2 cm³/mol. The molecule has 0 aliphatic heterocycles. The van der Waals surface area contributed by atoms with E-state index in [1.807, 2.05) is 20.8 Å². The van der Waals surface area contributed by atoms with E-state index in [2.05, 4.69) is 10.3 Å². The van der Waals surface area contributed by atoms with Gasteiger partial charge in [0.25, 0.3) is 0 Å². The molecule has 0 saturated carbocycles. The molecule has 4 heteroatoms. The maximum atomic E-state index is 5.59. The molecule has 3 N–H and O–H groups in total. The van der Waals surface area contributed by atoms with Gasteiger partial charge in [-0.2, -0.15) is 0 Å². The number of rotatable bonds is 4. The molecule has 1 atom stereocenters. The van der Waals surface area contributed by atoms with Gasteiger partial charge in [0.05, 0.1) is 12.6 Å². The lowest BCUT2D eigenvalue weighted by molar-refractivity contribution is 0.185. The third-order valence-corrected chi connectivity index (χ3v) is 1.20. The molecular weight excluding hydrogens is 154 g/mol. The molecule has 4 nitrogen and oxygen atoms in total. The fourth-order valence-electron chi connectivity index (χ4n) is 0.849. The van der Waals surface area contributed by atoms with E-state index >= 15 is 0 Å². The number of nitrogens with one attached hydrogen (secondary N) is 1. The van der Waals surface area contributed by atoms with Crippen LogP contribution in [-0.2, 0) is 4.74 Å². The Kier molecular flexibility index (Phi) is 5.45. The molecule has 0 aromatic rings. The second-order valence-corrected chi connectivity index (χ2v) is 3.12. The lowest BCUT2D eigenvalue weighted by Gasteiger charge is -2.11. The van der Waals surface area contributed by atoms with Crippen molar-refractivity contribution in [2.24, 2.45) is 10.7 Å². The predicted octanol–water partition coefficient (Wildman–Crippen LogP) is 0.334. The molecule has 1 unspecified atom stereocenters. The van der Waals surface area contributed by atoms with Crippen molar-refractivity contribution in [3.63, 3.8) is 0 Å². The van der Waals surface area contributed by atoms with Crippen LogP contribution < -0.4 is 11.1 Å². The van der Waals surface area contributed by atoms with Gasteiger partial charge >= 0.3 is 0 Å². The Bertz CT molecular complexity index is 145. The first-order valence-corrected chi connectivity index (χ1v) is 4.15. The molecule has 12 heavy (non-hydrogen) atoms. The summed E-state index contributed by atoms with van der Waals surface area (Å²) in [7, 11) is 1.65. The Morgan fingerprint density at radius 3 is 2.50 bits per heavy atom. The highest BCUT2D eigenvalue weighted by Gasteiger charge is 2.00. The molecule has 72 valence electrons. The van der Waals surface area contributed by atoms with E-state index in [9.17, 15) is 0 Å². The zero-order valence-corrected chi connectivity index (χ0v) is 8.29. The van der Waals surface area contributed by atoms with Crippen LogP contribution in [0.3, 0.4) is 0 Å². The lowest BCUT2D eigenvalue weighted by atomic mass is 10.4. The zero-order chi connectivity index (χ0) is 9.56. The Hall–Kier alpha value is -0.770. The Morgan fingerprint density at radius 1 is 1.50 bits per heavy atom. The summed E-state index contributed by atoms with van der Waals surface area (Å²) in [4.78, 5) is 4.17. The second-order valence-electron chi connectivity index (χ2n) is 3.12. The summed E-state index contributed by atoms with van der Waals surface area (Å²) in [6.45, 7) is 6.59. The van der Waals surface area contributed by atoms with E-state index in [0.717, 1.165) is 0 Å². The quantitative estimate of drug-likeness (QED) is 0.476. The van der Waals surface area contributed by atoms with Crippen molar-refractivity contribution in [3.05, 3.63) is 0 Å². The summed E-state index contributed by atoms with van der Waals surface area (Å²) in [6, 6.07) is 0.435. The highest BCUT2D eigenvalue weighted by molar-refractivity contribution is 5.78. The monoisotopic (exact) mass is 173 g/mol. The Morgan fingerprint density at radius 2 is 2.08 bits per heavy atom. The van der Waals surface area contributed by atoms with Gasteiger partial charge in [-0.3, -0.25) is 0 Å². The van der Waals surface area contributed by atoms with Gasteiger partial charge in [0.2, 0.25) is 0 Å². The molecule has 0 radical (unpaired) electrons. The van der Waals surface area contributed by atoms with Crippen molar-refractivity contribution in [2.75, 3.05) is 13.7 Å². The first kappa shape index (κ1) is 11.2. The number of nitrogens with zero attached hydrogens (tertiary/aromatic N) is 1. The van der Waals surface area contributed by atoms with E-state index in [-0.39, 0.29) is 6.04 Å². The Labute approximate surface area is 74.2 Å². The number of methoxy groups -OCH3 is 1. The van der Waals surface area contributed by atoms with Crippen LogP contribution in [0.4, 0.5) is 0 Å². The number of nitrogens with two attached hydrogens (primary N) is 1. The van der Waals surface area contributed by atoms with Crippen LogP contribution in [0.1, 0.15) is 20.8 Å². The molecule has 0 aromatic heterocycles. The highest BCUT2D eigenvalue weighted by atomic mass is 16.5. The third kappa shape index (κ3) is 5.97. The summed E-state index contributed by atoms with van der Waals surface area (Å²) in [5.74, 6) is 0.481. The summed E-state index contributed by atoms with van der Waals surface area (Å²) < 4.78 is 4.92. The standard InChI is InChI=1S/C8H19N3O/c1-6(2)10-8(9)11-7(3)5-12-4/h6-7H,5H2,1-4H3,(H3,9,10,11). The first-order valence-electron chi connectivity index (χ1n) is 4.15. The molecule has 0 aromatic carbocycles. The van der Waals surface area contributed by atoms with Gasteiger partial charge in [0.15, 0.2) is 5.96 Å². The van der Waals surface area contributed by atoms with E-state index < -0.39 is 0 Å². The first-order chi connectivity index (χ1) is 5.56. The largest absolute Gasteiger partial charge is 0.382 e. The number of guanidine groups is 1. The molecule has 0 bridgehead atoms. The van der Waals surface area contributed by atoms with Crippen molar-refractivity contribution in [3.8, 4) is 0 Å². The van der Waals surface area contributed by atoms with E-state index in [1.165, 1.54) is 0 Å². The number of aliphatic imine (C=N–C) groups is 1. The molecule has 0 amide bonds. The van der Waals surface area contributed by atoms with Gasteiger partial charge in [-0.1, -0.05) is 0 Å². The molecule has 0 saturated heterocycles. The van der Waals surface area contributed by atoms with Crippen LogP contribution in [-0.4, -0.2) is 31.8 Å². The minimum atomic E-state index is 0.112. The van der Waals surface area contributed by atoms with Gasteiger partial charge < -0.3 is 15.8 Å². The molecule has 0 aliphatic rings. The fraction of sp³-hybridized carbons (Fsp3) is 0.875. The summed E-state index contributed by atoms with van der Waals surface area (Å²) in [6.07, 6.45) is 0.